The molecular formula is C13H12N2OS2. The topological polar surface area (TPSA) is 42.0 Å². The number of carbonyl (C=O) groups excluding carboxylic acids is 1. The Balaban J connectivity index is 1.69. The van der Waals surface area contributed by atoms with Crippen LogP contribution in [0.2, 0.25) is 0 Å². The van der Waals surface area contributed by atoms with Crippen LogP contribution in [0.15, 0.2) is 34.5 Å². The van der Waals surface area contributed by atoms with Gasteiger partial charge in [0.15, 0.2) is 5.13 Å². The molecule has 1 amide bonds. The lowest BCUT2D eigenvalue weighted by molar-refractivity contribution is -0.115. The molecule has 1 aliphatic rings. The smallest absolute Gasteiger partial charge is 0.239 e. The molecule has 0 radical (unpaired) electrons. The Labute approximate surface area is 114 Å². The molecule has 0 saturated carbocycles. The zero-order valence-corrected chi connectivity index (χ0v) is 11.5. The van der Waals surface area contributed by atoms with Crippen molar-refractivity contribution in [3.05, 3.63) is 40.9 Å². The second-order valence-corrected chi connectivity index (χ2v) is 6.30. The van der Waals surface area contributed by atoms with Crippen molar-refractivity contribution < 1.29 is 4.79 Å². The number of anilines is 1. The van der Waals surface area contributed by atoms with Crippen LogP contribution in [0.5, 0.6) is 0 Å². The third-order valence-electron chi connectivity index (χ3n) is 2.79. The highest BCUT2D eigenvalue weighted by molar-refractivity contribution is 8.01. The van der Waals surface area contributed by atoms with E-state index < -0.39 is 0 Å². The number of thiazole rings is 1. The minimum absolute atomic E-state index is 0.0355. The Morgan fingerprint density at radius 3 is 3.00 bits per heavy atom. The van der Waals surface area contributed by atoms with Gasteiger partial charge in [0.25, 0.3) is 0 Å². The summed E-state index contributed by atoms with van der Waals surface area (Å²) in [6.45, 7) is 1.92. The van der Waals surface area contributed by atoms with Crippen molar-refractivity contribution in [3.63, 3.8) is 0 Å². The molecule has 0 bridgehead atoms. The third kappa shape index (κ3) is 2.28. The van der Waals surface area contributed by atoms with Gasteiger partial charge in [0, 0.05) is 10.3 Å². The van der Waals surface area contributed by atoms with Crippen molar-refractivity contribution in [2.24, 2.45) is 0 Å². The SMILES string of the molecule is Cc1csc(NC(=O)[C@H]2Cc3ccccc3S2)n1. The first-order chi connectivity index (χ1) is 8.72. The van der Waals surface area contributed by atoms with Gasteiger partial charge in [0.2, 0.25) is 5.91 Å². The lowest BCUT2D eigenvalue weighted by atomic mass is 10.1. The van der Waals surface area contributed by atoms with E-state index >= 15 is 0 Å². The molecule has 2 heterocycles. The van der Waals surface area contributed by atoms with Crippen LogP contribution in [0.1, 0.15) is 11.3 Å². The van der Waals surface area contributed by atoms with E-state index in [1.807, 2.05) is 24.4 Å². The van der Waals surface area contributed by atoms with Crippen molar-refractivity contribution >= 4 is 34.1 Å². The van der Waals surface area contributed by atoms with Gasteiger partial charge in [-0.1, -0.05) is 18.2 Å². The number of fused-ring (bicyclic) bond motifs is 1. The average molecular weight is 276 g/mol. The summed E-state index contributed by atoms with van der Waals surface area (Å²) < 4.78 is 0. The van der Waals surface area contributed by atoms with Gasteiger partial charge in [0.05, 0.1) is 10.9 Å². The minimum Gasteiger partial charge on any atom is -0.301 e. The van der Waals surface area contributed by atoms with Crippen LogP contribution in [0.25, 0.3) is 0 Å². The fraction of sp³-hybridized carbons (Fsp3) is 0.231. The Kier molecular flexibility index (Phi) is 3.09. The minimum atomic E-state index is -0.0355. The van der Waals surface area contributed by atoms with Crippen molar-refractivity contribution in [3.8, 4) is 0 Å². The standard InChI is InChI=1S/C13H12N2OS2/c1-8-7-17-13(14-8)15-12(16)11-6-9-4-2-3-5-10(9)18-11/h2-5,7,11H,6H2,1H3,(H,14,15,16)/t11-/m1/s1. The van der Waals surface area contributed by atoms with Gasteiger partial charge in [-0.25, -0.2) is 4.98 Å². The van der Waals surface area contributed by atoms with Crippen LogP contribution in [-0.2, 0) is 11.2 Å². The Bertz CT molecular complexity index is 569. The second kappa shape index (κ2) is 4.74. The van der Waals surface area contributed by atoms with E-state index in [2.05, 4.69) is 22.4 Å². The molecule has 5 heteroatoms. The number of aromatic nitrogens is 1. The number of rotatable bonds is 2. The lowest BCUT2D eigenvalue weighted by Gasteiger charge is -2.07. The van der Waals surface area contributed by atoms with E-state index in [0.717, 1.165) is 12.1 Å². The first kappa shape index (κ1) is 11.7. The fourth-order valence-corrected chi connectivity index (χ4v) is 3.81. The van der Waals surface area contributed by atoms with Crippen LogP contribution in [0.4, 0.5) is 5.13 Å². The van der Waals surface area contributed by atoms with Crippen molar-refractivity contribution in [1.82, 2.24) is 4.98 Å². The molecule has 0 spiro atoms. The molecule has 0 unspecified atom stereocenters. The molecule has 92 valence electrons. The number of benzene rings is 1. The summed E-state index contributed by atoms with van der Waals surface area (Å²) in [6.07, 6.45) is 0.803. The number of hydrogen-bond acceptors (Lipinski definition) is 4. The number of amides is 1. The van der Waals surface area contributed by atoms with E-state index in [9.17, 15) is 4.79 Å². The van der Waals surface area contributed by atoms with Crippen LogP contribution in [-0.4, -0.2) is 16.1 Å². The highest BCUT2D eigenvalue weighted by Gasteiger charge is 2.28. The summed E-state index contributed by atoms with van der Waals surface area (Å²) >= 11 is 3.10. The number of carbonyl (C=O) groups is 1. The molecule has 18 heavy (non-hydrogen) atoms. The maximum absolute atomic E-state index is 12.1. The number of nitrogens with zero attached hydrogens (tertiary/aromatic N) is 1. The van der Waals surface area contributed by atoms with Gasteiger partial charge in [-0.3, -0.25) is 4.79 Å². The van der Waals surface area contributed by atoms with E-state index in [0.29, 0.717) is 5.13 Å². The summed E-state index contributed by atoms with van der Waals surface area (Å²) in [6, 6.07) is 8.18. The van der Waals surface area contributed by atoms with Gasteiger partial charge in [-0.05, 0) is 25.0 Å². The highest BCUT2D eigenvalue weighted by Crippen LogP contribution is 2.37. The molecule has 1 atom stereocenters. The quantitative estimate of drug-likeness (QED) is 0.916. The lowest BCUT2D eigenvalue weighted by Crippen LogP contribution is -2.24. The summed E-state index contributed by atoms with van der Waals surface area (Å²) in [5.41, 5.74) is 2.20. The zero-order valence-electron chi connectivity index (χ0n) is 9.84. The normalized spacial score (nSPS) is 17.5. The molecule has 1 N–H and O–H groups in total. The van der Waals surface area contributed by atoms with Crippen molar-refractivity contribution in [1.29, 1.82) is 0 Å². The average Bonchev–Trinajstić information content (AvgIpc) is 2.95. The monoisotopic (exact) mass is 276 g/mol. The predicted molar refractivity (Wildman–Crippen MR) is 75.3 cm³/mol. The summed E-state index contributed by atoms with van der Waals surface area (Å²) in [5.74, 6) is 0.0468. The largest absolute Gasteiger partial charge is 0.301 e. The van der Waals surface area contributed by atoms with Gasteiger partial charge in [-0.15, -0.1) is 23.1 Å². The van der Waals surface area contributed by atoms with E-state index in [1.165, 1.54) is 21.8 Å². The number of hydrogen-bond donors (Lipinski definition) is 1. The van der Waals surface area contributed by atoms with Crippen LogP contribution < -0.4 is 5.32 Å². The first-order valence-electron chi connectivity index (χ1n) is 5.70. The Morgan fingerprint density at radius 2 is 2.28 bits per heavy atom. The zero-order chi connectivity index (χ0) is 12.5. The second-order valence-electron chi connectivity index (χ2n) is 4.20. The molecule has 0 fully saturated rings. The maximum Gasteiger partial charge on any atom is 0.239 e. The molecule has 1 aromatic carbocycles. The van der Waals surface area contributed by atoms with Crippen molar-refractivity contribution in [2.75, 3.05) is 5.32 Å². The summed E-state index contributed by atoms with van der Waals surface area (Å²) in [4.78, 5) is 17.6. The molecular weight excluding hydrogens is 264 g/mol. The Hall–Kier alpha value is -1.33. The molecule has 3 rings (SSSR count). The number of nitrogens with one attached hydrogen (secondary N) is 1. The van der Waals surface area contributed by atoms with Crippen LogP contribution in [0, 0.1) is 6.92 Å². The summed E-state index contributed by atoms with van der Waals surface area (Å²) in [7, 11) is 0. The van der Waals surface area contributed by atoms with Gasteiger partial charge in [0.1, 0.15) is 0 Å². The van der Waals surface area contributed by atoms with Crippen molar-refractivity contribution in [2.45, 2.75) is 23.5 Å². The molecule has 1 aromatic heterocycles. The fourth-order valence-electron chi connectivity index (χ4n) is 1.93. The number of aryl methyl sites for hydroxylation is 1. The molecule has 3 nitrogen and oxygen atoms in total. The summed E-state index contributed by atoms with van der Waals surface area (Å²) in [5, 5.41) is 5.48. The number of thioether (sulfide) groups is 1. The third-order valence-corrected chi connectivity index (χ3v) is 4.98. The molecule has 2 aromatic rings. The molecule has 0 saturated heterocycles. The van der Waals surface area contributed by atoms with E-state index in [4.69, 9.17) is 0 Å². The molecule has 0 aliphatic carbocycles. The first-order valence-corrected chi connectivity index (χ1v) is 7.46. The van der Waals surface area contributed by atoms with Gasteiger partial charge < -0.3 is 5.32 Å². The van der Waals surface area contributed by atoms with Gasteiger partial charge >= 0.3 is 0 Å². The van der Waals surface area contributed by atoms with Crippen LogP contribution in [0.3, 0.4) is 0 Å². The maximum atomic E-state index is 12.1. The predicted octanol–water partition coefficient (Wildman–Crippen LogP) is 3.11. The van der Waals surface area contributed by atoms with E-state index in [-0.39, 0.29) is 11.2 Å². The highest BCUT2D eigenvalue weighted by atomic mass is 32.2. The Morgan fingerprint density at radius 1 is 1.44 bits per heavy atom. The van der Waals surface area contributed by atoms with Gasteiger partial charge in [-0.2, -0.15) is 0 Å². The van der Waals surface area contributed by atoms with Crippen LogP contribution >= 0.6 is 23.1 Å². The van der Waals surface area contributed by atoms with E-state index in [1.54, 1.807) is 11.8 Å². The molecule has 1 aliphatic heterocycles.